The average molecular weight is 249 g/mol. The van der Waals surface area contributed by atoms with Crippen molar-refractivity contribution >= 4 is 11.3 Å². The van der Waals surface area contributed by atoms with Crippen LogP contribution in [0.3, 0.4) is 0 Å². The Kier molecular flexibility index (Phi) is 3.05. The number of aliphatic hydroxyl groups is 1. The van der Waals surface area contributed by atoms with E-state index in [1.807, 2.05) is 19.1 Å². The quantitative estimate of drug-likeness (QED) is 0.870. The lowest BCUT2D eigenvalue weighted by atomic mass is 9.71. The number of thiophene rings is 1. The highest BCUT2D eigenvalue weighted by Gasteiger charge is 2.52. The summed E-state index contributed by atoms with van der Waals surface area (Å²) in [7, 11) is 0. The molecule has 1 aromatic rings. The van der Waals surface area contributed by atoms with E-state index < -0.39 is 11.0 Å². The highest BCUT2D eigenvalue weighted by molar-refractivity contribution is 7.12. The summed E-state index contributed by atoms with van der Waals surface area (Å²) in [5.41, 5.74) is -1.63. The van der Waals surface area contributed by atoms with Crippen LogP contribution in [0.15, 0.2) is 12.1 Å². The van der Waals surface area contributed by atoms with Gasteiger partial charge in [0.05, 0.1) is 11.5 Å². The fourth-order valence-corrected chi connectivity index (χ4v) is 3.89. The van der Waals surface area contributed by atoms with Crippen molar-refractivity contribution in [3.63, 3.8) is 0 Å². The maximum Gasteiger partial charge on any atom is 0.114 e. The summed E-state index contributed by atoms with van der Waals surface area (Å²) >= 11 is 1.60. The zero-order valence-electron chi connectivity index (χ0n) is 10.7. The third kappa shape index (κ3) is 1.90. The summed E-state index contributed by atoms with van der Waals surface area (Å²) in [5.74, 6) is 0.530. The molecule has 3 atom stereocenters. The Labute approximate surface area is 107 Å². The largest absolute Gasteiger partial charge is 0.383 e. The molecule has 2 rings (SSSR count). The van der Waals surface area contributed by atoms with E-state index in [0.29, 0.717) is 5.92 Å². The molecule has 3 unspecified atom stereocenters. The lowest BCUT2D eigenvalue weighted by Crippen LogP contribution is -2.40. The second kappa shape index (κ2) is 4.12. The van der Waals surface area contributed by atoms with Gasteiger partial charge < -0.3 is 5.11 Å². The summed E-state index contributed by atoms with van der Waals surface area (Å²) in [6.07, 6.45) is 2.64. The molecular formula is C14H19NOS. The lowest BCUT2D eigenvalue weighted by molar-refractivity contribution is -0.0406. The van der Waals surface area contributed by atoms with Gasteiger partial charge in [0.1, 0.15) is 5.60 Å². The van der Waals surface area contributed by atoms with Gasteiger partial charge in [0.15, 0.2) is 0 Å². The average Bonchev–Trinajstić information content (AvgIpc) is 2.86. The summed E-state index contributed by atoms with van der Waals surface area (Å²) in [6, 6.07) is 6.38. The van der Waals surface area contributed by atoms with E-state index in [0.717, 1.165) is 24.1 Å². The molecule has 1 heterocycles. The lowest BCUT2D eigenvalue weighted by Gasteiger charge is -2.36. The molecular weight excluding hydrogens is 230 g/mol. The predicted octanol–water partition coefficient (Wildman–Crippen LogP) is 3.59. The van der Waals surface area contributed by atoms with E-state index in [1.54, 1.807) is 18.3 Å². The molecule has 0 aliphatic heterocycles. The molecule has 0 aromatic carbocycles. The van der Waals surface area contributed by atoms with E-state index in [9.17, 15) is 10.4 Å². The van der Waals surface area contributed by atoms with Gasteiger partial charge in [-0.3, -0.25) is 0 Å². The van der Waals surface area contributed by atoms with Crippen LogP contribution in [-0.2, 0) is 5.60 Å². The van der Waals surface area contributed by atoms with Gasteiger partial charge in [0, 0.05) is 9.75 Å². The standard InChI is InChI=1S/C14H19NOS/c1-10-6-7-14(8-10,9-15)13(3,16)12-5-4-11(2)17-12/h4-5,10,16H,6-8H2,1-3H3. The summed E-state index contributed by atoms with van der Waals surface area (Å²) in [4.78, 5) is 2.10. The highest BCUT2D eigenvalue weighted by Crippen LogP contribution is 2.53. The van der Waals surface area contributed by atoms with E-state index in [-0.39, 0.29) is 0 Å². The van der Waals surface area contributed by atoms with Crippen LogP contribution in [0.5, 0.6) is 0 Å². The van der Waals surface area contributed by atoms with E-state index >= 15 is 0 Å². The highest BCUT2D eigenvalue weighted by atomic mass is 32.1. The SMILES string of the molecule is Cc1ccc(C(C)(O)C2(C#N)CCC(C)C2)s1. The van der Waals surface area contributed by atoms with Gasteiger partial charge in [0.25, 0.3) is 0 Å². The monoisotopic (exact) mass is 249 g/mol. The summed E-state index contributed by atoms with van der Waals surface area (Å²) in [6.45, 7) is 5.99. The number of hydrogen-bond donors (Lipinski definition) is 1. The Morgan fingerprint density at radius 3 is 2.71 bits per heavy atom. The molecule has 17 heavy (non-hydrogen) atoms. The van der Waals surface area contributed by atoms with Crippen molar-refractivity contribution in [1.29, 1.82) is 5.26 Å². The topological polar surface area (TPSA) is 44.0 Å². The second-order valence-electron chi connectivity index (χ2n) is 5.52. The van der Waals surface area contributed by atoms with Crippen LogP contribution in [0, 0.1) is 29.6 Å². The van der Waals surface area contributed by atoms with Crippen LogP contribution in [-0.4, -0.2) is 5.11 Å². The van der Waals surface area contributed by atoms with Crippen LogP contribution in [0.25, 0.3) is 0 Å². The number of nitriles is 1. The molecule has 0 radical (unpaired) electrons. The molecule has 0 bridgehead atoms. The van der Waals surface area contributed by atoms with Crippen molar-refractivity contribution in [2.75, 3.05) is 0 Å². The molecule has 1 aliphatic carbocycles. The van der Waals surface area contributed by atoms with Crippen molar-refractivity contribution < 1.29 is 5.11 Å². The van der Waals surface area contributed by atoms with Gasteiger partial charge in [-0.2, -0.15) is 5.26 Å². The molecule has 1 fully saturated rings. The first-order chi connectivity index (χ1) is 7.91. The van der Waals surface area contributed by atoms with Gasteiger partial charge in [-0.1, -0.05) is 6.92 Å². The molecule has 3 heteroatoms. The predicted molar refractivity (Wildman–Crippen MR) is 69.7 cm³/mol. The maximum absolute atomic E-state index is 10.9. The number of rotatable bonds is 2. The van der Waals surface area contributed by atoms with Gasteiger partial charge in [-0.25, -0.2) is 0 Å². The van der Waals surface area contributed by atoms with Crippen LogP contribution in [0.2, 0.25) is 0 Å². The van der Waals surface area contributed by atoms with E-state index in [1.165, 1.54) is 4.88 Å². The Hall–Kier alpha value is -0.850. The van der Waals surface area contributed by atoms with E-state index in [2.05, 4.69) is 13.0 Å². The minimum absolute atomic E-state index is 0.530. The zero-order valence-corrected chi connectivity index (χ0v) is 11.5. The molecule has 1 saturated carbocycles. The Morgan fingerprint density at radius 2 is 2.29 bits per heavy atom. The first-order valence-electron chi connectivity index (χ1n) is 6.12. The molecule has 0 amide bonds. The molecule has 0 saturated heterocycles. The smallest absolute Gasteiger partial charge is 0.114 e. The van der Waals surface area contributed by atoms with Crippen molar-refractivity contribution in [2.24, 2.45) is 11.3 Å². The van der Waals surface area contributed by atoms with Gasteiger partial charge >= 0.3 is 0 Å². The molecule has 2 nitrogen and oxygen atoms in total. The van der Waals surface area contributed by atoms with Crippen LogP contribution in [0.4, 0.5) is 0 Å². The molecule has 1 aliphatic rings. The van der Waals surface area contributed by atoms with Crippen molar-refractivity contribution in [2.45, 2.75) is 45.6 Å². The number of aryl methyl sites for hydroxylation is 1. The number of nitrogens with zero attached hydrogens (tertiary/aromatic N) is 1. The Balaban J connectivity index is 2.40. The zero-order chi connectivity index (χ0) is 12.7. The van der Waals surface area contributed by atoms with Gasteiger partial charge in [0.2, 0.25) is 0 Å². The summed E-state index contributed by atoms with van der Waals surface area (Å²) in [5, 5.41) is 20.4. The van der Waals surface area contributed by atoms with Crippen molar-refractivity contribution in [3.05, 3.63) is 21.9 Å². The van der Waals surface area contributed by atoms with Crippen LogP contribution < -0.4 is 0 Å². The first kappa shape index (κ1) is 12.6. The van der Waals surface area contributed by atoms with Crippen molar-refractivity contribution in [1.82, 2.24) is 0 Å². The number of hydrogen-bond acceptors (Lipinski definition) is 3. The minimum atomic E-state index is -1.02. The molecule has 92 valence electrons. The first-order valence-corrected chi connectivity index (χ1v) is 6.93. The van der Waals surface area contributed by atoms with Crippen LogP contribution in [0.1, 0.15) is 42.9 Å². The molecule has 1 N–H and O–H groups in total. The third-order valence-corrected chi connectivity index (χ3v) is 5.34. The maximum atomic E-state index is 10.9. The van der Waals surface area contributed by atoms with Gasteiger partial charge in [-0.05, 0) is 51.2 Å². The molecule has 1 aromatic heterocycles. The fraction of sp³-hybridized carbons (Fsp3) is 0.643. The second-order valence-corrected chi connectivity index (χ2v) is 6.81. The molecule has 0 spiro atoms. The van der Waals surface area contributed by atoms with Crippen LogP contribution >= 0.6 is 11.3 Å². The normalized spacial score (nSPS) is 32.1. The minimum Gasteiger partial charge on any atom is -0.383 e. The Morgan fingerprint density at radius 1 is 1.59 bits per heavy atom. The van der Waals surface area contributed by atoms with Crippen molar-refractivity contribution in [3.8, 4) is 6.07 Å². The Bertz CT molecular complexity index is 457. The summed E-state index contributed by atoms with van der Waals surface area (Å²) < 4.78 is 0. The fourth-order valence-electron chi connectivity index (χ4n) is 2.88. The third-order valence-electron chi connectivity index (χ3n) is 4.13. The van der Waals surface area contributed by atoms with Gasteiger partial charge in [-0.15, -0.1) is 11.3 Å². The van der Waals surface area contributed by atoms with E-state index in [4.69, 9.17) is 0 Å².